The van der Waals surface area contributed by atoms with Gasteiger partial charge in [0.15, 0.2) is 0 Å². The third-order valence-electron chi connectivity index (χ3n) is 2.12. The van der Waals surface area contributed by atoms with Crippen molar-refractivity contribution in [3.8, 4) is 0 Å². The first-order chi connectivity index (χ1) is 8.04. The number of nitrogens with zero attached hydrogens (tertiary/aromatic N) is 2. The van der Waals surface area contributed by atoms with Crippen LogP contribution in [0.25, 0.3) is 0 Å². The SMILES string of the molecule is Cc1cc(F)cc(Nc2nnc(C(C)N)o2)c1. The van der Waals surface area contributed by atoms with Crippen LogP contribution in [0, 0.1) is 12.7 Å². The fourth-order valence-corrected chi connectivity index (χ4v) is 1.40. The Morgan fingerprint density at radius 2 is 2.12 bits per heavy atom. The van der Waals surface area contributed by atoms with Crippen LogP contribution in [-0.4, -0.2) is 10.2 Å². The van der Waals surface area contributed by atoms with E-state index in [9.17, 15) is 4.39 Å². The smallest absolute Gasteiger partial charge is 0.320 e. The lowest BCUT2D eigenvalue weighted by Gasteiger charge is -2.03. The van der Waals surface area contributed by atoms with Crippen molar-refractivity contribution in [3.05, 3.63) is 35.5 Å². The van der Waals surface area contributed by atoms with Gasteiger partial charge in [0, 0.05) is 5.69 Å². The number of aromatic nitrogens is 2. The highest BCUT2D eigenvalue weighted by Crippen LogP contribution is 2.19. The summed E-state index contributed by atoms with van der Waals surface area (Å²) < 4.78 is 18.4. The average molecular weight is 236 g/mol. The minimum Gasteiger partial charge on any atom is -0.406 e. The molecule has 0 spiro atoms. The van der Waals surface area contributed by atoms with Crippen LogP contribution in [0.1, 0.15) is 24.4 Å². The standard InChI is InChI=1S/C11H13FN4O/c1-6-3-8(12)5-9(4-6)14-11-16-15-10(17-11)7(2)13/h3-5,7H,13H2,1-2H3,(H,14,16). The molecule has 0 fully saturated rings. The zero-order valence-corrected chi connectivity index (χ0v) is 9.57. The summed E-state index contributed by atoms with van der Waals surface area (Å²) in [6.07, 6.45) is 0. The molecule has 1 aromatic heterocycles. The predicted molar refractivity (Wildman–Crippen MR) is 61.3 cm³/mol. The van der Waals surface area contributed by atoms with Gasteiger partial charge in [-0.25, -0.2) is 4.39 Å². The summed E-state index contributed by atoms with van der Waals surface area (Å²) in [4.78, 5) is 0. The summed E-state index contributed by atoms with van der Waals surface area (Å²) in [6, 6.07) is 4.43. The fourth-order valence-electron chi connectivity index (χ4n) is 1.40. The average Bonchev–Trinajstić information content (AvgIpc) is 2.64. The van der Waals surface area contributed by atoms with E-state index < -0.39 is 0 Å². The number of aryl methyl sites for hydroxylation is 1. The van der Waals surface area contributed by atoms with E-state index in [-0.39, 0.29) is 17.9 Å². The summed E-state index contributed by atoms with van der Waals surface area (Å²) in [5.74, 6) is 0.0139. The lowest BCUT2D eigenvalue weighted by molar-refractivity contribution is 0.475. The Morgan fingerprint density at radius 1 is 1.35 bits per heavy atom. The first-order valence-electron chi connectivity index (χ1n) is 5.18. The Morgan fingerprint density at radius 3 is 2.71 bits per heavy atom. The van der Waals surface area contributed by atoms with Crippen LogP contribution in [-0.2, 0) is 0 Å². The maximum absolute atomic E-state index is 13.1. The summed E-state index contributed by atoms with van der Waals surface area (Å²) in [5.41, 5.74) is 6.95. The molecular formula is C11H13FN4O. The number of halogens is 1. The second kappa shape index (κ2) is 4.50. The molecule has 6 heteroatoms. The maximum Gasteiger partial charge on any atom is 0.320 e. The van der Waals surface area contributed by atoms with Crippen molar-refractivity contribution in [2.75, 3.05) is 5.32 Å². The normalized spacial score (nSPS) is 12.5. The van der Waals surface area contributed by atoms with E-state index in [1.165, 1.54) is 12.1 Å². The molecule has 1 aromatic carbocycles. The molecule has 90 valence electrons. The topological polar surface area (TPSA) is 77.0 Å². The van der Waals surface area contributed by atoms with Crippen molar-refractivity contribution in [3.63, 3.8) is 0 Å². The van der Waals surface area contributed by atoms with Crippen molar-refractivity contribution in [1.82, 2.24) is 10.2 Å². The molecule has 2 aromatic rings. The van der Waals surface area contributed by atoms with Crippen LogP contribution >= 0.6 is 0 Å². The van der Waals surface area contributed by atoms with E-state index in [1.54, 1.807) is 19.9 Å². The number of hydrogen-bond donors (Lipinski definition) is 2. The molecule has 0 saturated carbocycles. The third-order valence-corrected chi connectivity index (χ3v) is 2.12. The van der Waals surface area contributed by atoms with Gasteiger partial charge in [0.1, 0.15) is 5.82 Å². The molecule has 1 heterocycles. The van der Waals surface area contributed by atoms with Crippen LogP contribution in [0.5, 0.6) is 0 Å². The van der Waals surface area contributed by atoms with E-state index >= 15 is 0 Å². The zero-order valence-electron chi connectivity index (χ0n) is 9.57. The van der Waals surface area contributed by atoms with E-state index in [2.05, 4.69) is 15.5 Å². The highest BCUT2D eigenvalue weighted by atomic mass is 19.1. The maximum atomic E-state index is 13.1. The van der Waals surface area contributed by atoms with Gasteiger partial charge in [-0.2, -0.15) is 0 Å². The third kappa shape index (κ3) is 2.79. The Bertz CT molecular complexity index is 504. The lowest BCUT2D eigenvalue weighted by atomic mass is 10.2. The molecule has 0 aliphatic heterocycles. The molecule has 17 heavy (non-hydrogen) atoms. The van der Waals surface area contributed by atoms with Crippen LogP contribution in [0.2, 0.25) is 0 Å². The number of nitrogens with one attached hydrogen (secondary N) is 1. The Kier molecular flexibility index (Phi) is 3.06. The van der Waals surface area contributed by atoms with Gasteiger partial charge in [0.25, 0.3) is 0 Å². The van der Waals surface area contributed by atoms with E-state index in [0.717, 1.165) is 5.56 Å². The van der Waals surface area contributed by atoms with Crippen molar-refractivity contribution in [1.29, 1.82) is 0 Å². The van der Waals surface area contributed by atoms with Gasteiger partial charge in [0.2, 0.25) is 5.89 Å². The molecule has 0 amide bonds. The van der Waals surface area contributed by atoms with Gasteiger partial charge in [-0.3, -0.25) is 0 Å². The largest absolute Gasteiger partial charge is 0.406 e. The Balaban J connectivity index is 2.19. The molecule has 0 bridgehead atoms. The molecule has 2 rings (SSSR count). The molecule has 0 aliphatic carbocycles. The minimum atomic E-state index is -0.327. The van der Waals surface area contributed by atoms with Crippen molar-refractivity contribution in [2.45, 2.75) is 19.9 Å². The molecule has 0 aliphatic rings. The summed E-state index contributed by atoms with van der Waals surface area (Å²) in [7, 11) is 0. The monoisotopic (exact) mass is 236 g/mol. The predicted octanol–water partition coefficient (Wildman–Crippen LogP) is 2.28. The van der Waals surface area contributed by atoms with Crippen molar-refractivity contribution >= 4 is 11.7 Å². The van der Waals surface area contributed by atoms with Crippen molar-refractivity contribution in [2.24, 2.45) is 5.73 Å². The second-order valence-electron chi connectivity index (χ2n) is 3.88. The molecule has 3 N–H and O–H groups in total. The molecular weight excluding hydrogens is 223 g/mol. The number of benzene rings is 1. The van der Waals surface area contributed by atoms with Gasteiger partial charge >= 0.3 is 6.01 Å². The number of nitrogens with two attached hydrogens (primary N) is 1. The van der Waals surface area contributed by atoms with Gasteiger partial charge < -0.3 is 15.5 Å². The van der Waals surface area contributed by atoms with Crippen LogP contribution in [0.3, 0.4) is 0 Å². The summed E-state index contributed by atoms with van der Waals surface area (Å²) in [6.45, 7) is 3.54. The number of hydrogen-bond acceptors (Lipinski definition) is 5. The van der Waals surface area contributed by atoms with E-state index in [4.69, 9.17) is 10.2 Å². The van der Waals surface area contributed by atoms with Crippen LogP contribution in [0.4, 0.5) is 16.1 Å². The van der Waals surface area contributed by atoms with Gasteiger partial charge in [-0.1, -0.05) is 5.10 Å². The van der Waals surface area contributed by atoms with Gasteiger partial charge in [-0.05, 0) is 37.6 Å². The molecule has 0 radical (unpaired) electrons. The number of rotatable bonds is 3. The van der Waals surface area contributed by atoms with E-state index in [0.29, 0.717) is 11.6 Å². The zero-order chi connectivity index (χ0) is 12.4. The molecule has 0 saturated heterocycles. The van der Waals surface area contributed by atoms with Crippen LogP contribution < -0.4 is 11.1 Å². The quantitative estimate of drug-likeness (QED) is 0.854. The highest BCUT2D eigenvalue weighted by molar-refractivity contribution is 5.53. The highest BCUT2D eigenvalue weighted by Gasteiger charge is 2.10. The summed E-state index contributed by atoms with van der Waals surface area (Å²) in [5, 5.41) is 10.3. The first-order valence-corrected chi connectivity index (χ1v) is 5.18. The lowest BCUT2D eigenvalue weighted by Crippen LogP contribution is -2.04. The molecule has 5 nitrogen and oxygen atoms in total. The van der Waals surface area contributed by atoms with Crippen molar-refractivity contribution < 1.29 is 8.81 Å². The fraction of sp³-hybridized carbons (Fsp3) is 0.273. The second-order valence-corrected chi connectivity index (χ2v) is 3.88. The summed E-state index contributed by atoms with van der Waals surface area (Å²) >= 11 is 0. The first kappa shape index (κ1) is 11.5. The van der Waals surface area contributed by atoms with Crippen LogP contribution in [0.15, 0.2) is 22.6 Å². The van der Waals surface area contributed by atoms with E-state index in [1.807, 2.05) is 0 Å². The van der Waals surface area contributed by atoms with Gasteiger partial charge in [-0.15, -0.1) is 5.10 Å². The number of anilines is 2. The molecule has 1 unspecified atom stereocenters. The Labute approximate surface area is 97.8 Å². The minimum absolute atomic E-state index is 0.197. The molecule has 1 atom stereocenters. The van der Waals surface area contributed by atoms with Gasteiger partial charge in [0.05, 0.1) is 6.04 Å². The Hall–Kier alpha value is -1.95.